The van der Waals surface area contributed by atoms with Crippen LogP contribution in [0.1, 0.15) is 45.2 Å². The van der Waals surface area contributed by atoms with Gasteiger partial charge < -0.3 is 10.2 Å². The number of carbonyl (C=O) groups is 3. The first-order valence-corrected chi connectivity index (χ1v) is 11.8. The van der Waals surface area contributed by atoms with Gasteiger partial charge in [0.1, 0.15) is 0 Å². The first kappa shape index (κ1) is 28.9. The summed E-state index contributed by atoms with van der Waals surface area (Å²) in [4.78, 5) is 39.2. The van der Waals surface area contributed by atoms with Gasteiger partial charge in [-0.25, -0.2) is 0 Å². The van der Waals surface area contributed by atoms with Crippen molar-refractivity contribution in [1.82, 2.24) is 5.32 Å². The molecule has 2 atom stereocenters. The summed E-state index contributed by atoms with van der Waals surface area (Å²) in [6, 6.07) is 8.07. The zero-order valence-electron chi connectivity index (χ0n) is 19.1. The molecule has 2 aromatic rings. The van der Waals surface area contributed by atoms with Gasteiger partial charge in [0.25, 0.3) is 5.78 Å². The molecule has 1 unspecified atom stereocenters. The second kappa shape index (κ2) is 12.1. The summed E-state index contributed by atoms with van der Waals surface area (Å²) in [5, 5.41) is 3.00. The van der Waals surface area contributed by atoms with Gasteiger partial charge in [-0.3, -0.25) is 14.4 Å². The van der Waals surface area contributed by atoms with Gasteiger partial charge in [-0.15, -0.1) is 0 Å². The van der Waals surface area contributed by atoms with Crippen LogP contribution >= 0.6 is 34.8 Å². The minimum atomic E-state index is -5.11. The van der Waals surface area contributed by atoms with Crippen LogP contribution in [-0.2, 0) is 14.4 Å². The monoisotopic (exact) mass is 550 g/mol. The van der Waals surface area contributed by atoms with Gasteiger partial charge in [-0.1, -0.05) is 67.7 Å². The summed E-state index contributed by atoms with van der Waals surface area (Å²) >= 11 is 18.4. The maximum Gasteiger partial charge on any atom is 0.452 e. The van der Waals surface area contributed by atoms with E-state index in [1.807, 2.05) is 0 Å². The third-order valence-corrected chi connectivity index (χ3v) is 5.84. The number of amides is 2. The van der Waals surface area contributed by atoms with Crippen LogP contribution in [0.2, 0.25) is 15.1 Å². The van der Waals surface area contributed by atoms with Crippen molar-refractivity contribution in [2.75, 3.05) is 4.90 Å². The molecular weight excluding hydrogens is 528 g/mol. The van der Waals surface area contributed by atoms with Crippen LogP contribution in [0, 0.1) is 5.92 Å². The number of hydrogen-bond donors (Lipinski definition) is 1. The first-order chi connectivity index (χ1) is 16.2. The lowest BCUT2D eigenvalue weighted by Gasteiger charge is -2.33. The number of anilines is 1. The second-order valence-corrected chi connectivity index (χ2v) is 9.48. The molecule has 2 amide bonds. The fourth-order valence-corrected chi connectivity index (χ4v) is 4.25. The molecule has 190 valence electrons. The van der Waals surface area contributed by atoms with Crippen molar-refractivity contribution in [1.29, 1.82) is 0 Å². The molecule has 2 rings (SSSR count). The second-order valence-electron chi connectivity index (χ2n) is 8.17. The quantitative estimate of drug-likeness (QED) is 0.373. The van der Waals surface area contributed by atoms with Crippen LogP contribution in [0.5, 0.6) is 0 Å². The summed E-state index contributed by atoms with van der Waals surface area (Å²) in [5.74, 6) is -4.12. The molecule has 0 bridgehead atoms. The van der Waals surface area contributed by atoms with Gasteiger partial charge in [-0.05, 0) is 41.8 Å². The van der Waals surface area contributed by atoms with E-state index in [4.69, 9.17) is 34.8 Å². The van der Waals surface area contributed by atoms with Crippen molar-refractivity contribution in [3.8, 4) is 0 Å². The van der Waals surface area contributed by atoms with Gasteiger partial charge >= 0.3 is 6.18 Å². The number of benzene rings is 2. The Kier molecular flexibility index (Phi) is 10.0. The van der Waals surface area contributed by atoms with Crippen LogP contribution in [-0.4, -0.2) is 29.8 Å². The smallest absolute Gasteiger partial charge is 0.346 e. The summed E-state index contributed by atoms with van der Waals surface area (Å²) in [7, 11) is 0. The number of hydrogen-bond acceptors (Lipinski definition) is 3. The number of carbonyl (C=O) groups excluding carboxylic acids is 3. The average Bonchev–Trinajstić information content (AvgIpc) is 2.74. The Labute approximate surface area is 216 Å². The maximum atomic E-state index is 13.1. The van der Waals surface area contributed by atoms with Gasteiger partial charge in [0, 0.05) is 27.2 Å². The van der Waals surface area contributed by atoms with E-state index in [0.29, 0.717) is 16.3 Å². The molecule has 2 aromatic carbocycles. The lowest BCUT2D eigenvalue weighted by Crippen LogP contribution is -2.50. The van der Waals surface area contributed by atoms with E-state index >= 15 is 0 Å². The number of nitrogens with zero attached hydrogens (tertiary/aromatic N) is 1. The van der Waals surface area contributed by atoms with E-state index in [1.54, 1.807) is 31.2 Å². The van der Waals surface area contributed by atoms with Crippen LogP contribution in [0.25, 0.3) is 0 Å². The molecule has 0 aliphatic rings. The number of Topliss-reactive ketones (excluding diaryl/α,β-unsaturated/α-hetero) is 1. The SMILES string of the molecule is CCC(=O)N(c1cc(Cl)cc(Cl)c1)C(CC(=O)N[C@H](C(=O)C(F)(F)F)C(C)C)c1cccc(Cl)c1. The summed E-state index contributed by atoms with van der Waals surface area (Å²) in [6.07, 6.45) is -5.52. The van der Waals surface area contributed by atoms with E-state index in [9.17, 15) is 27.6 Å². The predicted molar refractivity (Wildman–Crippen MR) is 131 cm³/mol. The number of nitrogens with one attached hydrogen (secondary N) is 1. The largest absolute Gasteiger partial charge is 0.452 e. The molecule has 35 heavy (non-hydrogen) atoms. The third kappa shape index (κ3) is 7.85. The van der Waals surface area contributed by atoms with Crippen LogP contribution < -0.4 is 10.2 Å². The minimum absolute atomic E-state index is 0.0456. The fourth-order valence-electron chi connectivity index (χ4n) is 3.54. The van der Waals surface area contributed by atoms with Gasteiger partial charge in [0.05, 0.1) is 18.5 Å². The van der Waals surface area contributed by atoms with Crippen molar-refractivity contribution < 1.29 is 27.6 Å². The zero-order valence-corrected chi connectivity index (χ0v) is 21.4. The topological polar surface area (TPSA) is 66.5 Å². The highest BCUT2D eigenvalue weighted by Gasteiger charge is 2.45. The molecule has 0 aromatic heterocycles. The molecule has 0 saturated heterocycles. The van der Waals surface area contributed by atoms with Crippen molar-refractivity contribution in [2.45, 2.75) is 51.9 Å². The van der Waals surface area contributed by atoms with Crippen LogP contribution in [0.3, 0.4) is 0 Å². The summed E-state index contributed by atoms with van der Waals surface area (Å²) in [6.45, 7) is 4.40. The molecule has 0 aliphatic heterocycles. The molecular formula is C24H24Cl3F3N2O3. The van der Waals surface area contributed by atoms with Gasteiger partial charge in [0.2, 0.25) is 11.8 Å². The van der Waals surface area contributed by atoms with Crippen LogP contribution in [0.4, 0.5) is 18.9 Å². The normalized spacial score (nSPS) is 13.3. The van der Waals surface area contributed by atoms with E-state index < -0.39 is 48.2 Å². The minimum Gasteiger partial charge on any atom is -0.346 e. The highest BCUT2D eigenvalue weighted by molar-refractivity contribution is 6.35. The van der Waals surface area contributed by atoms with Crippen molar-refractivity contribution in [2.24, 2.45) is 5.92 Å². The molecule has 0 heterocycles. The van der Waals surface area contributed by atoms with E-state index in [-0.39, 0.29) is 16.5 Å². The van der Waals surface area contributed by atoms with Crippen LogP contribution in [0.15, 0.2) is 42.5 Å². The number of ketones is 1. The number of halogens is 6. The molecule has 5 nitrogen and oxygen atoms in total. The van der Waals surface area contributed by atoms with Crippen molar-refractivity contribution in [3.63, 3.8) is 0 Å². The maximum absolute atomic E-state index is 13.1. The third-order valence-electron chi connectivity index (χ3n) is 5.17. The lowest BCUT2D eigenvalue weighted by molar-refractivity contribution is -0.174. The average molecular weight is 552 g/mol. The summed E-state index contributed by atoms with van der Waals surface area (Å²) < 4.78 is 39.2. The Morgan fingerprint density at radius 2 is 1.57 bits per heavy atom. The highest BCUT2D eigenvalue weighted by atomic mass is 35.5. The lowest BCUT2D eigenvalue weighted by atomic mass is 9.97. The standard InChI is InChI=1S/C24H24Cl3F3N2O3/c1-4-21(34)32(18-10-16(26)9-17(27)11-18)19(14-6-5-7-15(25)8-14)12-20(33)31-22(13(2)3)23(35)24(28,29)30/h5-11,13,19,22H,4,12H2,1-3H3,(H,31,33)/t19?,22-/m0/s1. The number of rotatable bonds is 9. The Morgan fingerprint density at radius 1 is 0.971 bits per heavy atom. The molecule has 11 heteroatoms. The van der Waals surface area contributed by atoms with Crippen molar-refractivity contribution >= 4 is 58.1 Å². The van der Waals surface area contributed by atoms with Gasteiger partial charge in [0.15, 0.2) is 0 Å². The van der Waals surface area contributed by atoms with Crippen molar-refractivity contribution in [3.05, 3.63) is 63.1 Å². The molecule has 0 aliphatic carbocycles. The Bertz CT molecular complexity index is 1070. The highest BCUT2D eigenvalue weighted by Crippen LogP contribution is 2.35. The van der Waals surface area contributed by atoms with E-state index in [1.165, 1.54) is 36.9 Å². The van der Waals surface area contributed by atoms with Gasteiger partial charge in [-0.2, -0.15) is 13.2 Å². The predicted octanol–water partition coefficient (Wildman–Crippen LogP) is 6.79. The van der Waals surface area contributed by atoms with E-state index in [0.717, 1.165) is 0 Å². The number of alkyl halides is 3. The fraction of sp³-hybridized carbons (Fsp3) is 0.375. The zero-order chi connectivity index (χ0) is 26.5. The Hall–Kier alpha value is -2.29. The molecule has 0 fully saturated rings. The Morgan fingerprint density at radius 3 is 2.06 bits per heavy atom. The molecule has 1 N–H and O–H groups in total. The summed E-state index contributed by atoms with van der Waals surface area (Å²) in [5.41, 5.74) is 0.743. The Balaban J connectivity index is 2.53. The van der Waals surface area contributed by atoms with E-state index in [2.05, 4.69) is 5.32 Å². The molecule has 0 saturated carbocycles. The first-order valence-electron chi connectivity index (χ1n) is 10.7. The molecule has 0 radical (unpaired) electrons. The molecule has 0 spiro atoms.